The molecule has 0 radical (unpaired) electrons. The van der Waals surface area contributed by atoms with Gasteiger partial charge in [0.15, 0.2) is 0 Å². The molecule has 0 amide bonds. The zero-order valence-electron chi connectivity index (χ0n) is 17.5. The minimum atomic E-state index is -0.229. The number of pyridine rings is 1. The van der Waals surface area contributed by atoms with Gasteiger partial charge >= 0.3 is 0 Å². The van der Waals surface area contributed by atoms with Crippen LogP contribution in [-0.4, -0.2) is 14.5 Å². The number of aromatic nitrogens is 3. The number of imidazole rings is 1. The Balaban J connectivity index is 2.00. The first kappa shape index (κ1) is 19.6. The average molecular weight is 390 g/mol. The lowest BCUT2D eigenvalue weighted by molar-refractivity contribution is 0.351. The van der Waals surface area contributed by atoms with Crippen molar-refractivity contribution >= 4 is 6.08 Å². The Hall–Kier alpha value is -2.75. The quantitative estimate of drug-likeness (QED) is 0.485. The van der Waals surface area contributed by atoms with Crippen LogP contribution in [0, 0.1) is 19.7 Å². The highest BCUT2D eigenvalue weighted by molar-refractivity contribution is 5.84. The second kappa shape index (κ2) is 8.32. The molecule has 1 fully saturated rings. The monoisotopic (exact) mass is 389 g/mol. The number of hydrogen-bond donors (Lipinski definition) is 0. The SMILES string of the molecule is C/C=C\c1c(-c2c(-c3ccc(F)cc3)nc(C)n2C2CCCCC2)ccnc1C. The van der Waals surface area contributed by atoms with Crippen LogP contribution in [0.3, 0.4) is 0 Å². The van der Waals surface area contributed by atoms with Crippen LogP contribution >= 0.6 is 0 Å². The van der Waals surface area contributed by atoms with Gasteiger partial charge in [0.1, 0.15) is 11.6 Å². The minimum Gasteiger partial charge on any atom is -0.325 e. The molecule has 1 aromatic carbocycles. The highest BCUT2D eigenvalue weighted by atomic mass is 19.1. The number of nitrogens with zero attached hydrogens (tertiary/aromatic N) is 3. The first-order valence-electron chi connectivity index (χ1n) is 10.5. The van der Waals surface area contributed by atoms with Gasteiger partial charge in [0.05, 0.1) is 11.4 Å². The number of benzene rings is 1. The molecule has 3 nitrogen and oxygen atoms in total. The number of rotatable bonds is 4. The van der Waals surface area contributed by atoms with Crippen LogP contribution in [0.1, 0.15) is 62.2 Å². The van der Waals surface area contributed by atoms with Crippen LogP contribution in [0.4, 0.5) is 4.39 Å². The van der Waals surface area contributed by atoms with E-state index in [2.05, 4.69) is 34.7 Å². The third-order valence-corrected chi connectivity index (χ3v) is 5.92. The van der Waals surface area contributed by atoms with E-state index in [1.54, 1.807) is 0 Å². The molecule has 2 aromatic heterocycles. The van der Waals surface area contributed by atoms with E-state index in [1.807, 2.05) is 32.2 Å². The van der Waals surface area contributed by atoms with E-state index in [9.17, 15) is 4.39 Å². The molecular weight excluding hydrogens is 361 g/mol. The lowest BCUT2D eigenvalue weighted by Crippen LogP contribution is -2.15. The molecule has 0 saturated heterocycles. The van der Waals surface area contributed by atoms with Gasteiger partial charge in [-0.15, -0.1) is 0 Å². The Kier molecular flexibility index (Phi) is 5.61. The Morgan fingerprint density at radius 3 is 2.45 bits per heavy atom. The predicted molar refractivity (Wildman–Crippen MR) is 117 cm³/mol. The number of hydrogen-bond acceptors (Lipinski definition) is 2. The van der Waals surface area contributed by atoms with Crippen molar-refractivity contribution in [2.24, 2.45) is 0 Å². The molecule has 29 heavy (non-hydrogen) atoms. The number of aryl methyl sites for hydroxylation is 2. The van der Waals surface area contributed by atoms with E-state index in [0.29, 0.717) is 6.04 Å². The van der Waals surface area contributed by atoms with Gasteiger partial charge in [-0.1, -0.05) is 31.4 Å². The summed E-state index contributed by atoms with van der Waals surface area (Å²) < 4.78 is 16.0. The van der Waals surface area contributed by atoms with E-state index in [0.717, 1.165) is 39.6 Å². The standard InChI is InChI=1S/C25H28FN3/c1-4-8-22-17(2)27-16-15-23(22)25-24(19-11-13-20(26)14-12-19)28-18(3)29(25)21-9-6-5-7-10-21/h4,8,11-16,21H,5-7,9-10H2,1-3H3/b8-4-. The van der Waals surface area contributed by atoms with Crippen LogP contribution in [0.2, 0.25) is 0 Å². The Labute approximate surface area is 172 Å². The average Bonchev–Trinajstić information content (AvgIpc) is 3.08. The van der Waals surface area contributed by atoms with Crippen molar-refractivity contribution in [3.63, 3.8) is 0 Å². The maximum absolute atomic E-state index is 13.6. The summed E-state index contributed by atoms with van der Waals surface area (Å²) in [5, 5.41) is 0. The fraction of sp³-hybridized carbons (Fsp3) is 0.360. The summed E-state index contributed by atoms with van der Waals surface area (Å²) in [6.45, 7) is 6.17. The van der Waals surface area contributed by atoms with Crippen molar-refractivity contribution in [2.45, 2.75) is 58.9 Å². The summed E-state index contributed by atoms with van der Waals surface area (Å²) in [7, 11) is 0. The van der Waals surface area contributed by atoms with Gasteiger partial charge in [0.25, 0.3) is 0 Å². The van der Waals surface area contributed by atoms with Gasteiger partial charge in [0, 0.05) is 34.6 Å². The predicted octanol–water partition coefficient (Wildman–Crippen LogP) is 6.91. The largest absolute Gasteiger partial charge is 0.325 e. The first-order valence-corrected chi connectivity index (χ1v) is 10.5. The molecule has 1 aliphatic rings. The van der Waals surface area contributed by atoms with E-state index in [4.69, 9.17) is 4.98 Å². The van der Waals surface area contributed by atoms with Crippen molar-refractivity contribution in [3.05, 3.63) is 65.5 Å². The first-order chi connectivity index (χ1) is 14.1. The van der Waals surface area contributed by atoms with Gasteiger partial charge in [-0.2, -0.15) is 0 Å². The van der Waals surface area contributed by atoms with Gasteiger partial charge in [-0.25, -0.2) is 9.37 Å². The Bertz CT molecular complexity index is 1020. The lowest BCUT2D eigenvalue weighted by atomic mass is 9.93. The molecule has 150 valence electrons. The van der Waals surface area contributed by atoms with Gasteiger partial charge in [-0.05, 0) is 63.9 Å². The fourth-order valence-corrected chi connectivity index (χ4v) is 4.56. The van der Waals surface area contributed by atoms with E-state index in [-0.39, 0.29) is 5.82 Å². The molecule has 4 rings (SSSR count). The molecule has 0 spiro atoms. The fourth-order valence-electron chi connectivity index (χ4n) is 4.56. The van der Waals surface area contributed by atoms with E-state index >= 15 is 0 Å². The summed E-state index contributed by atoms with van der Waals surface area (Å²) in [4.78, 5) is 9.51. The molecule has 1 saturated carbocycles. The molecule has 0 aliphatic heterocycles. The molecule has 2 heterocycles. The van der Waals surface area contributed by atoms with Gasteiger partial charge in [0.2, 0.25) is 0 Å². The van der Waals surface area contributed by atoms with Crippen molar-refractivity contribution < 1.29 is 4.39 Å². The summed E-state index contributed by atoms with van der Waals surface area (Å²) in [6.07, 6.45) is 12.2. The molecule has 0 unspecified atom stereocenters. The van der Waals surface area contributed by atoms with E-state index in [1.165, 1.54) is 44.2 Å². The van der Waals surface area contributed by atoms with Crippen molar-refractivity contribution in [1.82, 2.24) is 14.5 Å². The second-order valence-electron chi connectivity index (χ2n) is 7.88. The molecule has 1 aliphatic carbocycles. The van der Waals surface area contributed by atoms with Gasteiger partial charge < -0.3 is 4.57 Å². The molecule has 0 N–H and O–H groups in total. The second-order valence-corrected chi connectivity index (χ2v) is 7.88. The summed E-state index contributed by atoms with van der Waals surface area (Å²) in [5.74, 6) is 0.792. The van der Waals surface area contributed by atoms with Crippen molar-refractivity contribution in [2.75, 3.05) is 0 Å². The van der Waals surface area contributed by atoms with Crippen LogP contribution < -0.4 is 0 Å². The highest BCUT2D eigenvalue weighted by Crippen LogP contribution is 2.41. The minimum absolute atomic E-state index is 0.229. The third-order valence-electron chi connectivity index (χ3n) is 5.92. The van der Waals surface area contributed by atoms with Crippen LogP contribution in [0.25, 0.3) is 28.6 Å². The zero-order chi connectivity index (χ0) is 20.4. The summed E-state index contributed by atoms with van der Waals surface area (Å²) >= 11 is 0. The topological polar surface area (TPSA) is 30.7 Å². The summed E-state index contributed by atoms with van der Waals surface area (Å²) in [5.41, 5.74) is 6.25. The zero-order valence-corrected chi connectivity index (χ0v) is 17.5. The summed E-state index contributed by atoms with van der Waals surface area (Å²) in [6, 6.07) is 9.22. The molecule has 3 aromatic rings. The lowest BCUT2D eigenvalue weighted by Gasteiger charge is -2.27. The maximum atomic E-state index is 13.6. The molecule has 4 heteroatoms. The number of halogens is 1. The van der Waals surface area contributed by atoms with Crippen LogP contribution in [0.5, 0.6) is 0 Å². The molecule has 0 bridgehead atoms. The Morgan fingerprint density at radius 2 is 1.76 bits per heavy atom. The molecular formula is C25H28FN3. The Morgan fingerprint density at radius 1 is 1.03 bits per heavy atom. The van der Waals surface area contributed by atoms with E-state index < -0.39 is 0 Å². The van der Waals surface area contributed by atoms with Crippen molar-refractivity contribution in [3.8, 4) is 22.5 Å². The van der Waals surface area contributed by atoms with Crippen molar-refractivity contribution in [1.29, 1.82) is 0 Å². The highest BCUT2D eigenvalue weighted by Gasteiger charge is 2.26. The maximum Gasteiger partial charge on any atom is 0.123 e. The van der Waals surface area contributed by atoms with Crippen LogP contribution in [-0.2, 0) is 0 Å². The molecule has 0 atom stereocenters. The van der Waals surface area contributed by atoms with Crippen LogP contribution in [0.15, 0.2) is 42.6 Å². The van der Waals surface area contributed by atoms with Gasteiger partial charge in [-0.3, -0.25) is 4.98 Å². The third kappa shape index (κ3) is 3.76. The number of allylic oxidation sites excluding steroid dienone is 1. The normalized spacial score (nSPS) is 15.3. The smallest absolute Gasteiger partial charge is 0.123 e.